The van der Waals surface area contributed by atoms with Gasteiger partial charge in [0.2, 0.25) is 0 Å². The van der Waals surface area contributed by atoms with Crippen molar-refractivity contribution < 1.29 is 14.6 Å². The van der Waals surface area contributed by atoms with Crippen molar-refractivity contribution in [2.24, 2.45) is 11.8 Å². The van der Waals surface area contributed by atoms with Gasteiger partial charge in [-0.3, -0.25) is 4.79 Å². The Bertz CT molecular complexity index is 244. The molecule has 0 aliphatic carbocycles. The van der Waals surface area contributed by atoms with Crippen molar-refractivity contribution in [2.75, 3.05) is 26.8 Å². The van der Waals surface area contributed by atoms with Crippen LogP contribution in [0.2, 0.25) is 0 Å². The predicted octanol–water partition coefficient (Wildman–Crippen LogP) is 0.818. The summed E-state index contributed by atoms with van der Waals surface area (Å²) in [6, 6.07) is 0.539. The van der Waals surface area contributed by atoms with Crippen LogP contribution in [0.15, 0.2) is 0 Å². The highest BCUT2D eigenvalue weighted by molar-refractivity contribution is 5.67. The molecule has 3 atom stereocenters. The maximum absolute atomic E-state index is 10.8. The molecule has 2 heterocycles. The topological polar surface area (TPSA) is 49.8 Å². The molecule has 86 valence electrons. The van der Waals surface area contributed by atoms with Crippen molar-refractivity contribution in [2.45, 2.75) is 25.3 Å². The van der Waals surface area contributed by atoms with E-state index >= 15 is 0 Å². The Morgan fingerprint density at radius 1 is 1.53 bits per heavy atom. The number of rotatable bonds is 2. The first kappa shape index (κ1) is 10.9. The molecule has 0 saturated carbocycles. The number of fused-ring (bicyclic) bond motifs is 1. The summed E-state index contributed by atoms with van der Waals surface area (Å²) < 4.78 is 5.48. The summed E-state index contributed by atoms with van der Waals surface area (Å²) in [5, 5.41) is 8.87. The molecule has 2 rings (SSSR count). The van der Waals surface area contributed by atoms with Crippen LogP contribution in [0.25, 0.3) is 0 Å². The van der Waals surface area contributed by atoms with E-state index in [9.17, 15) is 4.79 Å². The molecule has 0 aromatic heterocycles. The van der Waals surface area contributed by atoms with Crippen molar-refractivity contribution in [1.29, 1.82) is 0 Å². The number of hydrogen-bond donors (Lipinski definition) is 1. The molecule has 1 N–H and O–H groups in total. The highest BCUT2D eigenvalue weighted by Crippen LogP contribution is 2.34. The Morgan fingerprint density at radius 3 is 3.07 bits per heavy atom. The van der Waals surface area contributed by atoms with Crippen molar-refractivity contribution in [3.8, 4) is 0 Å². The highest BCUT2D eigenvalue weighted by Gasteiger charge is 2.39. The van der Waals surface area contributed by atoms with Gasteiger partial charge in [-0.25, -0.2) is 0 Å². The van der Waals surface area contributed by atoms with Gasteiger partial charge >= 0.3 is 5.97 Å². The maximum atomic E-state index is 10.8. The van der Waals surface area contributed by atoms with Crippen molar-refractivity contribution in [3.05, 3.63) is 0 Å². The monoisotopic (exact) mass is 213 g/mol. The lowest BCUT2D eigenvalue weighted by atomic mass is 9.76. The second kappa shape index (κ2) is 4.49. The van der Waals surface area contributed by atoms with Gasteiger partial charge in [-0.15, -0.1) is 0 Å². The van der Waals surface area contributed by atoms with Crippen molar-refractivity contribution in [3.63, 3.8) is 0 Å². The summed E-state index contributed by atoms with van der Waals surface area (Å²) in [5.74, 6) is 0.0616. The van der Waals surface area contributed by atoms with Crippen LogP contribution in [-0.2, 0) is 9.53 Å². The first-order chi connectivity index (χ1) is 7.18. The standard InChI is InChI=1S/C11H19NO3/c1-12-4-2-8(6-11(13)14)9-7-15-5-3-10(9)12/h8-10H,2-7H2,1H3,(H,13,14). The van der Waals surface area contributed by atoms with E-state index in [1.54, 1.807) is 0 Å². The van der Waals surface area contributed by atoms with Gasteiger partial charge < -0.3 is 14.7 Å². The number of piperidine rings is 1. The lowest BCUT2D eigenvalue weighted by Crippen LogP contribution is -2.51. The lowest BCUT2D eigenvalue weighted by molar-refractivity contribution is -0.140. The summed E-state index contributed by atoms with van der Waals surface area (Å²) in [7, 11) is 2.14. The lowest BCUT2D eigenvalue weighted by Gasteiger charge is -2.46. The van der Waals surface area contributed by atoms with Gasteiger partial charge in [0.15, 0.2) is 0 Å². The number of carbonyl (C=O) groups is 1. The molecular weight excluding hydrogens is 194 g/mol. The zero-order valence-corrected chi connectivity index (χ0v) is 9.19. The molecule has 2 aliphatic rings. The molecular formula is C11H19NO3. The number of ether oxygens (including phenoxy) is 1. The third kappa shape index (κ3) is 2.32. The van der Waals surface area contributed by atoms with Crippen LogP contribution in [0.1, 0.15) is 19.3 Å². The van der Waals surface area contributed by atoms with Crippen LogP contribution < -0.4 is 0 Å². The van der Waals surface area contributed by atoms with Crippen molar-refractivity contribution in [1.82, 2.24) is 4.90 Å². The number of nitrogens with zero attached hydrogens (tertiary/aromatic N) is 1. The van der Waals surface area contributed by atoms with Gasteiger partial charge in [0, 0.05) is 25.0 Å². The van der Waals surface area contributed by atoms with Crippen LogP contribution in [0, 0.1) is 11.8 Å². The molecule has 2 saturated heterocycles. The minimum Gasteiger partial charge on any atom is -0.481 e. The zero-order chi connectivity index (χ0) is 10.8. The summed E-state index contributed by atoms with van der Waals surface area (Å²) in [6.07, 6.45) is 2.35. The van der Waals surface area contributed by atoms with Gasteiger partial charge in [0.1, 0.15) is 0 Å². The van der Waals surface area contributed by atoms with Crippen LogP contribution in [0.4, 0.5) is 0 Å². The molecule has 0 bridgehead atoms. The second-order valence-corrected chi connectivity index (χ2v) is 4.72. The van der Waals surface area contributed by atoms with E-state index in [1.807, 2.05) is 0 Å². The Morgan fingerprint density at radius 2 is 2.33 bits per heavy atom. The predicted molar refractivity (Wildman–Crippen MR) is 55.7 cm³/mol. The molecule has 0 aromatic rings. The van der Waals surface area contributed by atoms with Crippen molar-refractivity contribution >= 4 is 5.97 Å². The molecule has 4 heteroatoms. The summed E-state index contributed by atoms with van der Waals surface area (Å²) in [4.78, 5) is 13.1. The van der Waals surface area contributed by atoms with Gasteiger partial charge in [-0.1, -0.05) is 0 Å². The van der Waals surface area contributed by atoms with Crippen LogP contribution in [0.3, 0.4) is 0 Å². The smallest absolute Gasteiger partial charge is 0.303 e. The fourth-order valence-electron chi connectivity index (χ4n) is 2.97. The first-order valence-electron chi connectivity index (χ1n) is 5.68. The molecule has 0 spiro atoms. The van der Waals surface area contributed by atoms with E-state index in [4.69, 9.17) is 9.84 Å². The number of likely N-dealkylation sites (tertiary alicyclic amines) is 1. The summed E-state index contributed by atoms with van der Waals surface area (Å²) >= 11 is 0. The third-order valence-corrected chi connectivity index (χ3v) is 3.82. The molecule has 2 fully saturated rings. The highest BCUT2D eigenvalue weighted by atomic mass is 16.5. The van der Waals surface area contributed by atoms with E-state index in [0.29, 0.717) is 24.3 Å². The molecule has 4 nitrogen and oxygen atoms in total. The molecule has 0 radical (unpaired) electrons. The largest absolute Gasteiger partial charge is 0.481 e. The maximum Gasteiger partial charge on any atom is 0.303 e. The minimum atomic E-state index is -0.672. The second-order valence-electron chi connectivity index (χ2n) is 4.72. The molecule has 2 aliphatic heterocycles. The van der Waals surface area contributed by atoms with Crippen LogP contribution >= 0.6 is 0 Å². The summed E-state index contributed by atoms with van der Waals surface area (Å²) in [6.45, 7) is 2.59. The number of hydrogen-bond acceptors (Lipinski definition) is 3. The van der Waals surface area contributed by atoms with Gasteiger partial charge in [0.05, 0.1) is 6.61 Å². The SMILES string of the molecule is CN1CCC(CC(=O)O)C2COCCC21. The van der Waals surface area contributed by atoms with E-state index in [1.165, 1.54) is 0 Å². The number of aliphatic carboxylic acids is 1. The Labute approximate surface area is 90.2 Å². The molecule has 15 heavy (non-hydrogen) atoms. The fourth-order valence-corrected chi connectivity index (χ4v) is 2.97. The summed E-state index contributed by atoms with van der Waals surface area (Å²) in [5.41, 5.74) is 0. The van der Waals surface area contributed by atoms with Gasteiger partial charge in [0.25, 0.3) is 0 Å². The fraction of sp³-hybridized carbons (Fsp3) is 0.909. The Kier molecular flexibility index (Phi) is 3.26. The van der Waals surface area contributed by atoms with Gasteiger partial charge in [-0.2, -0.15) is 0 Å². The average Bonchev–Trinajstić information content (AvgIpc) is 2.22. The molecule has 0 aromatic carbocycles. The normalized spacial score (nSPS) is 37.3. The average molecular weight is 213 g/mol. The van der Waals surface area contributed by atoms with E-state index in [-0.39, 0.29) is 0 Å². The van der Waals surface area contributed by atoms with E-state index in [2.05, 4.69) is 11.9 Å². The number of carboxylic acid groups (broad SMARTS) is 1. The van der Waals surface area contributed by atoms with Crippen LogP contribution in [0.5, 0.6) is 0 Å². The van der Waals surface area contributed by atoms with E-state index in [0.717, 1.165) is 32.6 Å². The molecule has 0 amide bonds. The quantitative estimate of drug-likeness (QED) is 0.737. The van der Waals surface area contributed by atoms with E-state index < -0.39 is 5.97 Å². The molecule has 3 unspecified atom stereocenters. The van der Waals surface area contributed by atoms with Gasteiger partial charge in [-0.05, 0) is 32.4 Å². The van der Waals surface area contributed by atoms with Crippen LogP contribution in [-0.4, -0.2) is 48.8 Å². The Hall–Kier alpha value is -0.610. The first-order valence-corrected chi connectivity index (χ1v) is 5.68. The number of carboxylic acids is 1. The minimum absolute atomic E-state index is 0.304. The third-order valence-electron chi connectivity index (χ3n) is 3.82. The Balaban J connectivity index is 2.03. The zero-order valence-electron chi connectivity index (χ0n) is 9.19.